The van der Waals surface area contributed by atoms with Crippen molar-refractivity contribution in [3.63, 3.8) is 0 Å². The van der Waals surface area contributed by atoms with Gasteiger partial charge in [0.05, 0.1) is 17.6 Å². The summed E-state index contributed by atoms with van der Waals surface area (Å²) in [6.45, 7) is 4.64. The Morgan fingerprint density at radius 2 is 1.79 bits per heavy atom. The van der Waals surface area contributed by atoms with E-state index in [1.54, 1.807) is 13.8 Å². The molecule has 0 radical (unpaired) electrons. The third-order valence-corrected chi connectivity index (χ3v) is 4.50. The van der Waals surface area contributed by atoms with Gasteiger partial charge in [0.15, 0.2) is 0 Å². The molecule has 0 saturated carbocycles. The molecule has 1 N–H and O–H groups in total. The van der Waals surface area contributed by atoms with Gasteiger partial charge in [0, 0.05) is 5.92 Å². The van der Waals surface area contributed by atoms with Gasteiger partial charge in [-0.3, -0.25) is 8.74 Å². The molecule has 0 aliphatic carbocycles. The zero-order valence-electron chi connectivity index (χ0n) is 11.3. The van der Waals surface area contributed by atoms with E-state index < -0.39 is 38.0 Å². The van der Waals surface area contributed by atoms with Gasteiger partial charge in [0.2, 0.25) is 0 Å². The van der Waals surface area contributed by atoms with E-state index in [0.29, 0.717) is 12.8 Å². The fourth-order valence-electron chi connectivity index (χ4n) is 1.46. The summed E-state index contributed by atoms with van der Waals surface area (Å²) in [4.78, 5) is 0. The molecule has 2 unspecified atom stereocenters. The van der Waals surface area contributed by atoms with Crippen molar-refractivity contribution in [3.05, 3.63) is 0 Å². The van der Waals surface area contributed by atoms with Gasteiger partial charge in [0.1, 0.15) is 0 Å². The molecule has 2 atom stereocenters. The lowest BCUT2D eigenvalue weighted by Gasteiger charge is -2.14. The van der Waals surface area contributed by atoms with Crippen LogP contribution in [0, 0.1) is 17.8 Å². The van der Waals surface area contributed by atoms with E-state index in [1.807, 2.05) is 0 Å². The van der Waals surface area contributed by atoms with Crippen LogP contribution in [0.1, 0.15) is 33.6 Å². The van der Waals surface area contributed by atoms with E-state index in [2.05, 4.69) is 11.8 Å². The van der Waals surface area contributed by atoms with E-state index in [0.717, 1.165) is 0 Å². The molecule has 0 spiro atoms. The highest BCUT2D eigenvalue weighted by Gasteiger charge is 2.18. The van der Waals surface area contributed by atoms with Crippen molar-refractivity contribution >= 4 is 20.2 Å². The molecule has 0 heterocycles. The van der Waals surface area contributed by atoms with Gasteiger partial charge in [-0.25, -0.2) is 0 Å². The molecule has 0 amide bonds. The maximum absolute atomic E-state index is 11.2. The minimum atomic E-state index is -4.09. The fraction of sp³-hybridized carbons (Fsp3) is 0.818. The second kappa shape index (κ2) is 7.85. The Balaban J connectivity index is 4.44. The van der Waals surface area contributed by atoms with Crippen LogP contribution in [0.4, 0.5) is 0 Å². The summed E-state index contributed by atoms with van der Waals surface area (Å²) in [6.07, 6.45) is 0.127. The molecule has 6 nitrogen and oxygen atoms in total. The van der Waals surface area contributed by atoms with Crippen molar-refractivity contribution in [2.24, 2.45) is 5.92 Å². The Bertz CT molecular complexity index is 523. The van der Waals surface area contributed by atoms with Crippen LogP contribution in [-0.4, -0.2) is 39.0 Å². The average molecular weight is 312 g/mol. The van der Waals surface area contributed by atoms with Crippen LogP contribution in [0.5, 0.6) is 0 Å². The molecule has 0 aliphatic rings. The predicted octanol–water partition coefficient (Wildman–Crippen LogP) is 1.05. The Hall–Kier alpha value is -0.620. The first-order chi connectivity index (χ1) is 8.59. The number of hydrogen-bond acceptors (Lipinski definition) is 5. The number of rotatable bonds is 8. The standard InChI is InChI=1S/C11H20O6S2/c1-4-6-11(9-18(12,13)14)8-7-10(3)17-19(15,16)5-2/h10-11H,5,7-9H2,1-3H3,(H,12,13,14). The average Bonchev–Trinajstić information content (AvgIpc) is 2.24. The van der Waals surface area contributed by atoms with Crippen LogP contribution < -0.4 is 0 Å². The highest BCUT2D eigenvalue weighted by Crippen LogP contribution is 2.14. The second-order valence-corrected chi connectivity index (χ2v) is 7.55. The minimum absolute atomic E-state index is 0.111. The summed E-state index contributed by atoms with van der Waals surface area (Å²) < 4.78 is 57.7. The van der Waals surface area contributed by atoms with Gasteiger partial charge in [-0.05, 0) is 33.6 Å². The van der Waals surface area contributed by atoms with E-state index in [9.17, 15) is 16.8 Å². The summed E-state index contributed by atoms with van der Waals surface area (Å²) in [6, 6.07) is 0. The molecule has 0 aromatic heterocycles. The highest BCUT2D eigenvalue weighted by molar-refractivity contribution is 7.86. The summed E-state index contributed by atoms with van der Waals surface area (Å²) in [7, 11) is -7.61. The molecule has 19 heavy (non-hydrogen) atoms. The minimum Gasteiger partial charge on any atom is -0.286 e. The Morgan fingerprint density at radius 3 is 2.21 bits per heavy atom. The summed E-state index contributed by atoms with van der Waals surface area (Å²) in [5.74, 6) is 4.17. The van der Waals surface area contributed by atoms with Crippen molar-refractivity contribution in [3.8, 4) is 11.8 Å². The third-order valence-electron chi connectivity index (χ3n) is 2.35. The molecule has 0 aromatic rings. The van der Waals surface area contributed by atoms with Crippen LogP contribution in [0.2, 0.25) is 0 Å². The molecule has 112 valence electrons. The topological polar surface area (TPSA) is 97.7 Å². The summed E-state index contributed by atoms with van der Waals surface area (Å²) >= 11 is 0. The van der Waals surface area contributed by atoms with Crippen LogP contribution in [-0.2, 0) is 24.4 Å². The van der Waals surface area contributed by atoms with Crippen molar-refractivity contribution in [2.75, 3.05) is 11.5 Å². The van der Waals surface area contributed by atoms with Crippen LogP contribution in [0.15, 0.2) is 0 Å². The monoisotopic (exact) mass is 312 g/mol. The van der Waals surface area contributed by atoms with Crippen molar-refractivity contribution in [1.29, 1.82) is 0 Å². The normalized spacial score (nSPS) is 15.4. The predicted molar refractivity (Wildman–Crippen MR) is 72.6 cm³/mol. The molecular weight excluding hydrogens is 292 g/mol. The summed E-state index contributed by atoms with van der Waals surface area (Å²) in [5.41, 5.74) is 0. The maximum atomic E-state index is 11.2. The molecule has 0 bridgehead atoms. The highest BCUT2D eigenvalue weighted by atomic mass is 32.2. The second-order valence-electron chi connectivity index (χ2n) is 4.17. The lowest BCUT2D eigenvalue weighted by atomic mass is 10.0. The largest absolute Gasteiger partial charge is 0.286 e. The Labute approximate surface area is 115 Å². The molecule has 0 rings (SSSR count). The third kappa shape index (κ3) is 9.90. The van der Waals surface area contributed by atoms with E-state index in [1.165, 1.54) is 6.92 Å². The molecule has 0 aliphatic heterocycles. The fourth-order valence-corrected chi connectivity index (χ4v) is 2.95. The van der Waals surface area contributed by atoms with Gasteiger partial charge >= 0.3 is 0 Å². The van der Waals surface area contributed by atoms with E-state index in [4.69, 9.17) is 8.74 Å². The van der Waals surface area contributed by atoms with Crippen LogP contribution >= 0.6 is 0 Å². The zero-order chi connectivity index (χ0) is 15.1. The molecule has 0 saturated heterocycles. The smallest absolute Gasteiger partial charge is 0.267 e. The van der Waals surface area contributed by atoms with Crippen molar-refractivity contribution < 1.29 is 25.6 Å². The SMILES string of the molecule is CC#CC(CCC(C)OS(=O)(=O)CC)CS(=O)(=O)O. The Morgan fingerprint density at radius 1 is 1.21 bits per heavy atom. The van der Waals surface area contributed by atoms with Crippen molar-refractivity contribution in [2.45, 2.75) is 39.7 Å². The lowest BCUT2D eigenvalue weighted by Crippen LogP contribution is -2.20. The Kier molecular flexibility index (Phi) is 7.59. The first-order valence-electron chi connectivity index (χ1n) is 5.88. The van der Waals surface area contributed by atoms with Crippen LogP contribution in [0.25, 0.3) is 0 Å². The van der Waals surface area contributed by atoms with Gasteiger partial charge in [-0.15, -0.1) is 5.92 Å². The van der Waals surface area contributed by atoms with Crippen LogP contribution in [0.3, 0.4) is 0 Å². The molecule has 8 heteroatoms. The summed E-state index contributed by atoms with van der Waals surface area (Å²) in [5, 5.41) is 0. The molecule has 0 fully saturated rings. The first kappa shape index (κ1) is 18.4. The lowest BCUT2D eigenvalue weighted by molar-refractivity contribution is 0.211. The quantitative estimate of drug-likeness (QED) is 0.409. The van der Waals surface area contributed by atoms with Crippen molar-refractivity contribution in [1.82, 2.24) is 0 Å². The maximum Gasteiger partial charge on any atom is 0.267 e. The van der Waals surface area contributed by atoms with E-state index >= 15 is 0 Å². The first-order valence-corrected chi connectivity index (χ1v) is 9.06. The molecule has 0 aromatic carbocycles. The number of hydrogen-bond donors (Lipinski definition) is 1. The molecular formula is C11H20O6S2. The van der Waals surface area contributed by atoms with Gasteiger partial charge in [0.25, 0.3) is 20.2 Å². The van der Waals surface area contributed by atoms with Gasteiger partial charge in [-0.2, -0.15) is 16.8 Å². The van der Waals surface area contributed by atoms with Gasteiger partial charge in [-0.1, -0.05) is 5.92 Å². The van der Waals surface area contributed by atoms with Gasteiger partial charge < -0.3 is 0 Å². The van der Waals surface area contributed by atoms with E-state index in [-0.39, 0.29) is 5.75 Å². The zero-order valence-corrected chi connectivity index (χ0v) is 12.9.